The van der Waals surface area contributed by atoms with E-state index in [9.17, 15) is 4.79 Å². The first-order valence-electron chi connectivity index (χ1n) is 5.94. The fourth-order valence-corrected chi connectivity index (χ4v) is 2.17. The highest BCUT2D eigenvalue weighted by atomic mass is 16.3. The van der Waals surface area contributed by atoms with Gasteiger partial charge in [-0.3, -0.25) is 4.79 Å². The van der Waals surface area contributed by atoms with Crippen molar-refractivity contribution in [1.29, 1.82) is 0 Å². The van der Waals surface area contributed by atoms with Gasteiger partial charge < -0.3 is 15.1 Å². The van der Waals surface area contributed by atoms with Crippen LogP contribution >= 0.6 is 0 Å². The van der Waals surface area contributed by atoms with Crippen molar-refractivity contribution in [2.45, 2.75) is 31.8 Å². The molecule has 2 rings (SSSR count). The van der Waals surface area contributed by atoms with Crippen LogP contribution in [0, 0.1) is 0 Å². The molecule has 4 heteroatoms. The van der Waals surface area contributed by atoms with Crippen molar-refractivity contribution in [2.24, 2.45) is 5.73 Å². The van der Waals surface area contributed by atoms with E-state index in [1.54, 1.807) is 24.5 Å². The Hall–Kier alpha value is -1.55. The van der Waals surface area contributed by atoms with Crippen LogP contribution in [0.25, 0.3) is 6.08 Å². The highest BCUT2D eigenvalue weighted by Crippen LogP contribution is 2.16. The predicted octanol–water partition coefficient (Wildman–Crippen LogP) is 1.63. The Morgan fingerprint density at radius 2 is 2.47 bits per heavy atom. The van der Waals surface area contributed by atoms with Crippen molar-refractivity contribution in [3.8, 4) is 0 Å². The maximum atomic E-state index is 12.0. The van der Waals surface area contributed by atoms with Gasteiger partial charge in [0.05, 0.1) is 6.26 Å². The molecule has 1 fully saturated rings. The third-order valence-electron chi connectivity index (χ3n) is 3.13. The molecule has 17 heavy (non-hydrogen) atoms. The molecular weight excluding hydrogens is 216 g/mol. The number of carbonyl (C=O) groups is 1. The van der Waals surface area contributed by atoms with Gasteiger partial charge in [0.2, 0.25) is 5.91 Å². The zero-order chi connectivity index (χ0) is 12.3. The summed E-state index contributed by atoms with van der Waals surface area (Å²) in [5.41, 5.74) is 5.87. The Kier molecular flexibility index (Phi) is 3.64. The highest BCUT2D eigenvalue weighted by molar-refractivity contribution is 5.91. The molecule has 4 nitrogen and oxygen atoms in total. The number of nitrogens with zero attached hydrogens (tertiary/aromatic N) is 1. The second kappa shape index (κ2) is 5.19. The first-order chi connectivity index (χ1) is 8.16. The Morgan fingerprint density at radius 1 is 1.65 bits per heavy atom. The molecule has 2 N–H and O–H groups in total. The molecule has 1 aliphatic heterocycles. The molecule has 0 aromatic carbocycles. The quantitative estimate of drug-likeness (QED) is 0.791. The average Bonchev–Trinajstić information content (AvgIpc) is 2.78. The Labute approximate surface area is 101 Å². The molecule has 0 spiro atoms. The monoisotopic (exact) mass is 234 g/mol. The van der Waals surface area contributed by atoms with Crippen molar-refractivity contribution in [3.05, 3.63) is 30.2 Å². The van der Waals surface area contributed by atoms with Crippen LogP contribution in [0.2, 0.25) is 0 Å². The summed E-state index contributed by atoms with van der Waals surface area (Å²) in [5.74, 6) is 0.723. The summed E-state index contributed by atoms with van der Waals surface area (Å²) < 4.78 is 5.14. The number of likely N-dealkylation sites (tertiary alicyclic amines) is 1. The number of furan rings is 1. The number of hydrogen-bond donors (Lipinski definition) is 1. The lowest BCUT2D eigenvalue weighted by Gasteiger charge is -2.35. The minimum atomic E-state index is 0.0285. The molecule has 1 saturated heterocycles. The molecule has 0 bridgehead atoms. The lowest BCUT2D eigenvalue weighted by molar-refractivity contribution is -0.129. The van der Waals surface area contributed by atoms with Crippen LogP contribution < -0.4 is 5.73 Å². The molecule has 1 amide bonds. The van der Waals surface area contributed by atoms with E-state index in [-0.39, 0.29) is 18.0 Å². The number of amides is 1. The van der Waals surface area contributed by atoms with Crippen LogP contribution in [-0.4, -0.2) is 29.4 Å². The van der Waals surface area contributed by atoms with E-state index in [2.05, 4.69) is 0 Å². The Balaban J connectivity index is 1.96. The summed E-state index contributed by atoms with van der Waals surface area (Å²) in [6.07, 6.45) is 6.60. The average molecular weight is 234 g/mol. The number of piperidine rings is 1. The Bertz CT molecular complexity index is 398. The molecule has 2 atom stereocenters. The largest absolute Gasteiger partial charge is 0.465 e. The minimum absolute atomic E-state index is 0.0285. The fraction of sp³-hybridized carbons (Fsp3) is 0.462. The maximum Gasteiger partial charge on any atom is 0.246 e. The third kappa shape index (κ3) is 2.97. The maximum absolute atomic E-state index is 12.0. The van der Waals surface area contributed by atoms with E-state index in [1.807, 2.05) is 17.9 Å². The van der Waals surface area contributed by atoms with Gasteiger partial charge in [0.15, 0.2) is 0 Å². The van der Waals surface area contributed by atoms with Gasteiger partial charge in [-0.25, -0.2) is 0 Å². The van der Waals surface area contributed by atoms with Gasteiger partial charge in [-0.2, -0.15) is 0 Å². The van der Waals surface area contributed by atoms with Crippen LogP contribution in [0.15, 0.2) is 28.9 Å². The molecule has 0 aliphatic carbocycles. The van der Waals surface area contributed by atoms with Crippen LogP contribution in [0.5, 0.6) is 0 Å². The molecule has 0 saturated carbocycles. The van der Waals surface area contributed by atoms with Crippen molar-refractivity contribution >= 4 is 12.0 Å². The van der Waals surface area contributed by atoms with E-state index >= 15 is 0 Å². The van der Waals surface area contributed by atoms with Gasteiger partial charge in [-0.1, -0.05) is 0 Å². The van der Waals surface area contributed by atoms with Gasteiger partial charge in [-0.15, -0.1) is 0 Å². The van der Waals surface area contributed by atoms with Gasteiger partial charge in [0.1, 0.15) is 5.76 Å². The lowest BCUT2D eigenvalue weighted by Crippen LogP contribution is -2.47. The van der Waals surface area contributed by atoms with E-state index in [1.165, 1.54) is 0 Å². The standard InChI is InChI=1S/C13H18N2O2/c1-10-9-11(14)6-7-15(10)13(16)5-4-12-3-2-8-17-12/h2-5,8,10-11H,6-7,9,14H2,1H3/b5-4+. The van der Waals surface area contributed by atoms with Crippen LogP contribution in [-0.2, 0) is 4.79 Å². The highest BCUT2D eigenvalue weighted by Gasteiger charge is 2.25. The zero-order valence-corrected chi connectivity index (χ0v) is 10.0. The second-order valence-electron chi connectivity index (χ2n) is 4.51. The van der Waals surface area contributed by atoms with E-state index in [0.29, 0.717) is 5.76 Å². The Morgan fingerprint density at radius 3 is 3.12 bits per heavy atom. The van der Waals surface area contributed by atoms with Crippen LogP contribution in [0.1, 0.15) is 25.5 Å². The van der Waals surface area contributed by atoms with Crippen molar-refractivity contribution < 1.29 is 9.21 Å². The van der Waals surface area contributed by atoms with Crippen LogP contribution in [0.3, 0.4) is 0 Å². The van der Waals surface area contributed by atoms with Gasteiger partial charge in [-0.05, 0) is 38.0 Å². The number of nitrogens with two attached hydrogens (primary N) is 1. The van der Waals surface area contributed by atoms with Crippen molar-refractivity contribution in [2.75, 3.05) is 6.54 Å². The molecular formula is C13H18N2O2. The van der Waals surface area contributed by atoms with E-state index in [0.717, 1.165) is 19.4 Å². The molecule has 1 aliphatic rings. The first-order valence-corrected chi connectivity index (χ1v) is 5.94. The van der Waals surface area contributed by atoms with Gasteiger partial charge in [0, 0.05) is 24.7 Å². The predicted molar refractivity (Wildman–Crippen MR) is 66.1 cm³/mol. The van der Waals surface area contributed by atoms with Gasteiger partial charge in [0.25, 0.3) is 0 Å². The second-order valence-corrected chi connectivity index (χ2v) is 4.51. The molecule has 1 aromatic rings. The summed E-state index contributed by atoms with van der Waals surface area (Å²) in [6, 6.07) is 4.06. The smallest absolute Gasteiger partial charge is 0.246 e. The molecule has 0 radical (unpaired) electrons. The van der Waals surface area contributed by atoms with Crippen LogP contribution in [0.4, 0.5) is 0 Å². The summed E-state index contributed by atoms with van der Waals surface area (Å²) in [5, 5.41) is 0. The minimum Gasteiger partial charge on any atom is -0.465 e. The number of rotatable bonds is 2. The molecule has 1 aromatic heterocycles. The summed E-state index contributed by atoms with van der Waals surface area (Å²) >= 11 is 0. The topological polar surface area (TPSA) is 59.5 Å². The lowest BCUT2D eigenvalue weighted by atomic mass is 9.99. The molecule has 92 valence electrons. The number of carbonyl (C=O) groups excluding carboxylic acids is 1. The summed E-state index contributed by atoms with van der Waals surface area (Å²) in [7, 11) is 0. The first kappa shape index (κ1) is 11.9. The van der Waals surface area contributed by atoms with Crippen molar-refractivity contribution in [1.82, 2.24) is 4.90 Å². The molecule has 2 unspecified atom stereocenters. The van der Waals surface area contributed by atoms with E-state index in [4.69, 9.17) is 10.2 Å². The molecule has 2 heterocycles. The third-order valence-corrected chi connectivity index (χ3v) is 3.13. The fourth-order valence-electron chi connectivity index (χ4n) is 2.17. The van der Waals surface area contributed by atoms with Crippen molar-refractivity contribution in [3.63, 3.8) is 0 Å². The number of hydrogen-bond acceptors (Lipinski definition) is 3. The van der Waals surface area contributed by atoms with E-state index < -0.39 is 0 Å². The van der Waals surface area contributed by atoms with Gasteiger partial charge >= 0.3 is 0 Å². The SMILES string of the molecule is CC1CC(N)CCN1C(=O)/C=C/c1ccco1. The zero-order valence-electron chi connectivity index (χ0n) is 10.0. The summed E-state index contributed by atoms with van der Waals surface area (Å²) in [6.45, 7) is 2.78. The normalized spacial score (nSPS) is 25.4. The summed E-state index contributed by atoms with van der Waals surface area (Å²) in [4.78, 5) is 13.8.